The van der Waals surface area contributed by atoms with Crippen molar-refractivity contribution in [3.8, 4) is 5.75 Å². The molecule has 0 aromatic carbocycles. The van der Waals surface area contributed by atoms with Gasteiger partial charge < -0.3 is 15.2 Å². The maximum Gasteiger partial charge on any atom is 0.205 e. The molecule has 1 aromatic rings. The van der Waals surface area contributed by atoms with E-state index < -0.39 is 0 Å². The minimum absolute atomic E-state index is 0.327. The minimum Gasteiger partial charge on any atom is -0.490 e. The zero-order valence-corrected chi connectivity index (χ0v) is 9.14. The van der Waals surface area contributed by atoms with Crippen molar-refractivity contribution >= 4 is 11.6 Å². The average molecular weight is 225 g/mol. The fourth-order valence-electron chi connectivity index (χ4n) is 1.49. The Hall–Kier alpha value is -1.60. The normalized spacial score (nSPS) is 17.1. The first kappa shape index (κ1) is 10.9. The highest BCUT2D eigenvalue weighted by atomic mass is 16.5. The van der Waals surface area contributed by atoms with Gasteiger partial charge in [-0.3, -0.25) is 5.43 Å². The molecule has 0 radical (unpaired) electrons. The third-order valence-corrected chi connectivity index (χ3v) is 2.31. The number of nitrogen functional groups attached to an aromatic ring is 1. The van der Waals surface area contributed by atoms with Crippen LogP contribution >= 0.6 is 0 Å². The molecule has 1 aromatic heterocycles. The standard InChI is InChI=1S/C9H15N5O2/c1-15-7-8(10)11-6-12-9(7)13-14-2-4-16-5-3-14/h6H,2-5H2,1H3,(H3,10,11,12,13). The number of hydrogen-bond donors (Lipinski definition) is 2. The van der Waals surface area contributed by atoms with Gasteiger partial charge in [-0.15, -0.1) is 0 Å². The van der Waals surface area contributed by atoms with Crippen LogP contribution < -0.4 is 15.9 Å². The molecule has 0 saturated carbocycles. The molecule has 1 fully saturated rings. The molecule has 1 aliphatic heterocycles. The van der Waals surface area contributed by atoms with Crippen LogP contribution in [0.3, 0.4) is 0 Å². The second-order valence-electron chi connectivity index (χ2n) is 3.35. The van der Waals surface area contributed by atoms with E-state index in [4.69, 9.17) is 15.2 Å². The fourth-order valence-corrected chi connectivity index (χ4v) is 1.49. The van der Waals surface area contributed by atoms with E-state index in [0.29, 0.717) is 30.6 Å². The van der Waals surface area contributed by atoms with E-state index in [1.54, 1.807) is 7.11 Å². The number of morpholine rings is 1. The second-order valence-corrected chi connectivity index (χ2v) is 3.35. The van der Waals surface area contributed by atoms with Gasteiger partial charge in [0.2, 0.25) is 5.75 Å². The highest BCUT2D eigenvalue weighted by molar-refractivity contribution is 5.60. The van der Waals surface area contributed by atoms with Gasteiger partial charge in [-0.1, -0.05) is 0 Å². The number of methoxy groups -OCH3 is 1. The van der Waals surface area contributed by atoms with Crippen LogP contribution in [0.15, 0.2) is 6.33 Å². The smallest absolute Gasteiger partial charge is 0.205 e. The van der Waals surface area contributed by atoms with Crippen molar-refractivity contribution < 1.29 is 9.47 Å². The summed E-state index contributed by atoms with van der Waals surface area (Å²) >= 11 is 0. The van der Waals surface area contributed by atoms with Crippen molar-refractivity contribution in [3.63, 3.8) is 0 Å². The Morgan fingerprint density at radius 1 is 1.44 bits per heavy atom. The number of rotatable bonds is 3. The number of aromatic nitrogens is 2. The van der Waals surface area contributed by atoms with Gasteiger partial charge in [-0.2, -0.15) is 0 Å². The van der Waals surface area contributed by atoms with E-state index in [0.717, 1.165) is 13.1 Å². The number of ether oxygens (including phenoxy) is 2. The number of hydrogen-bond acceptors (Lipinski definition) is 7. The first-order chi connectivity index (χ1) is 7.81. The monoisotopic (exact) mass is 225 g/mol. The number of nitrogens with zero attached hydrogens (tertiary/aromatic N) is 3. The van der Waals surface area contributed by atoms with Crippen LogP contribution in [0.25, 0.3) is 0 Å². The summed E-state index contributed by atoms with van der Waals surface area (Å²) in [6.45, 7) is 3.01. The Kier molecular flexibility index (Phi) is 3.37. The van der Waals surface area contributed by atoms with E-state index in [1.807, 2.05) is 5.01 Å². The van der Waals surface area contributed by atoms with E-state index in [-0.39, 0.29) is 0 Å². The van der Waals surface area contributed by atoms with Crippen LogP contribution in [0.5, 0.6) is 5.75 Å². The van der Waals surface area contributed by atoms with Gasteiger partial charge in [0.15, 0.2) is 11.6 Å². The molecule has 88 valence electrons. The van der Waals surface area contributed by atoms with Gasteiger partial charge in [0.25, 0.3) is 0 Å². The predicted octanol–water partition coefficient (Wildman–Crippen LogP) is -0.273. The summed E-state index contributed by atoms with van der Waals surface area (Å²) in [6, 6.07) is 0. The highest BCUT2D eigenvalue weighted by Gasteiger charge is 2.15. The summed E-state index contributed by atoms with van der Waals surface area (Å²) < 4.78 is 10.4. The van der Waals surface area contributed by atoms with Crippen LogP contribution in [-0.2, 0) is 4.74 Å². The summed E-state index contributed by atoms with van der Waals surface area (Å²) in [5.74, 6) is 1.37. The summed E-state index contributed by atoms with van der Waals surface area (Å²) in [5.41, 5.74) is 8.82. The molecular formula is C9H15N5O2. The average Bonchev–Trinajstić information content (AvgIpc) is 2.31. The predicted molar refractivity (Wildman–Crippen MR) is 59.0 cm³/mol. The van der Waals surface area contributed by atoms with Crippen molar-refractivity contribution in [1.29, 1.82) is 0 Å². The van der Waals surface area contributed by atoms with Crippen molar-refractivity contribution in [2.24, 2.45) is 0 Å². The molecule has 0 spiro atoms. The molecule has 1 aliphatic rings. The van der Waals surface area contributed by atoms with Crippen molar-refractivity contribution in [1.82, 2.24) is 15.0 Å². The van der Waals surface area contributed by atoms with Gasteiger partial charge in [0, 0.05) is 13.1 Å². The molecule has 1 saturated heterocycles. The molecular weight excluding hydrogens is 210 g/mol. The first-order valence-electron chi connectivity index (χ1n) is 5.05. The first-order valence-corrected chi connectivity index (χ1v) is 5.05. The maximum atomic E-state index is 5.68. The van der Waals surface area contributed by atoms with Gasteiger partial charge in [0.05, 0.1) is 20.3 Å². The highest BCUT2D eigenvalue weighted by Crippen LogP contribution is 2.26. The van der Waals surface area contributed by atoms with Crippen molar-refractivity contribution in [3.05, 3.63) is 6.33 Å². The zero-order chi connectivity index (χ0) is 11.4. The number of anilines is 2. The quantitative estimate of drug-likeness (QED) is 0.732. The van der Waals surface area contributed by atoms with Gasteiger partial charge in [-0.05, 0) is 0 Å². The Balaban J connectivity index is 2.10. The molecule has 7 heteroatoms. The third-order valence-electron chi connectivity index (χ3n) is 2.31. The lowest BCUT2D eigenvalue weighted by molar-refractivity contribution is 0.0493. The second kappa shape index (κ2) is 4.95. The summed E-state index contributed by atoms with van der Waals surface area (Å²) in [6.07, 6.45) is 1.40. The fraction of sp³-hybridized carbons (Fsp3) is 0.556. The summed E-state index contributed by atoms with van der Waals surface area (Å²) in [4.78, 5) is 7.96. The lowest BCUT2D eigenvalue weighted by atomic mass is 10.4. The molecule has 7 nitrogen and oxygen atoms in total. The maximum absolute atomic E-state index is 5.68. The molecule has 3 N–H and O–H groups in total. The van der Waals surface area contributed by atoms with Crippen LogP contribution in [0.1, 0.15) is 0 Å². The molecule has 0 atom stereocenters. The lowest BCUT2D eigenvalue weighted by Gasteiger charge is -2.27. The Bertz CT molecular complexity index is 354. The SMILES string of the molecule is COc1c(N)ncnc1NN1CCOCC1. The molecule has 2 heterocycles. The Morgan fingerprint density at radius 3 is 2.88 bits per heavy atom. The van der Waals surface area contributed by atoms with Crippen molar-refractivity contribution in [2.75, 3.05) is 44.6 Å². The van der Waals surface area contributed by atoms with Crippen LogP contribution in [-0.4, -0.2) is 48.4 Å². The number of nitrogens with one attached hydrogen (secondary N) is 1. The summed E-state index contributed by atoms with van der Waals surface area (Å²) in [5, 5.41) is 2.01. The Morgan fingerprint density at radius 2 is 2.19 bits per heavy atom. The van der Waals surface area contributed by atoms with Crippen LogP contribution in [0.2, 0.25) is 0 Å². The minimum atomic E-state index is 0.327. The van der Waals surface area contributed by atoms with Gasteiger partial charge >= 0.3 is 0 Å². The summed E-state index contributed by atoms with van der Waals surface area (Å²) in [7, 11) is 1.54. The van der Waals surface area contributed by atoms with Gasteiger partial charge in [0.1, 0.15) is 6.33 Å². The molecule has 0 amide bonds. The third kappa shape index (κ3) is 2.31. The molecule has 0 bridgehead atoms. The van der Waals surface area contributed by atoms with Crippen LogP contribution in [0.4, 0.5) is 11.6 Å². The number of hydrazine groups is 1. The van der Waals surface area contributed by atoms with Crippen molar-refractivity contribution in [2.45, 2.75) is 0 Å². The van der Waals surface area contributed by atoms with E-state index in [9.17, 15) is 0 Å². The molecule has 0 aliphatic carbocycles. The van der Waals surface area contributed by atoms with E-state index >= 15 is 0 Å². The van der Waals surface area contributed by atoms with E-state index in [1.165, 1.54) is 6.33 Å². The largest absolute Gasteiger partial charge is 0.490 e. The zero-order valence-electron chi connectivity index (χ0n) is 9.14. The van der Waals surface area contributed by atoms with Crippen LogP contribution in [0, 0.1) is 0 Å². The molecule has 0 unspecified atom stereocenters. The topological polar surface area (TPSA) is 85.5 Å². The number of nitrogens with two attached hydrogens (primary N) is 1. The molecule has 16 heavy (non-hydrogen) atoms. The van der Waals surface area contributed by atoms with E-state index in [2.05, 4.69) is 15.4 Å². The van der Waals surface area contributed by atoms with Gasteiger partial charge in [-0.25, -0.2) is 15.0 Å². The lowest BCUT2D eigenvalue weighted by Crippen LogP contribution is -2.40. The molecule has 2 rings (SSSR count). The Labute approximate surface area is 93.5 Å².